The SMILES string of the molecule is CN(Cc1csc2ccccc12)C(=O)C1CC2CCCC(C1)C2N. The first-order valence-corrected chi connectivity index (χ1v) is 9.97. The van der Waals surface area contributed by atoms with Crippen molar-refractivity contribution in [2.24, 2.45) is 23.5 Å². The number of benzene rings is 1. The molecule has 2 fully saturated rings. The molecule has 128 valence electrons. The Balaban J connectivity index is 1.46. The molecule has 4 rings (SSSR count). The molecule has 0 radical (unpaired) electrons. The summed E-state index contributed by atoms with van der Waals surface area (Å²) >= 11 is 1.76. The third kappa shape index (κ3) is 2.86. The van der Waals surface area contributed by atoms with Gasteiger partial charge in [-0.15, -0.1) is 11.3 Å². The van der Waals surface area contributed by atoms with Crippen molar-refractivity contribution in [3.63, 3.8) is 0 Å². The maximum absolute atomic E-state index is 13.0. The molecule has 2 aromatic rings. The Kier molecular flexibility index (Phi) is 4.35. The van der Waals surface area contributed by atoms with Gasteiger partial charge in [0.25, 0.3) is 0 Å². The van der Waals surface area contributed by atoms with Crippen LogP contribution >= 0.6 is 11.3 Å². The molecule has 2 saturated carbocycles. The Morgan fingerprint density at radius 3 is 2.71 bits per heavy atom. The molecule has 1 aromatic carbocycles. The molecule has 2 aliphatic rings. The van der Waals surface area contributed by atoms with Crippen molar-refractivity contribution in [1.29, 1.82) is 0 Å². The van der Waals surface area contributed by atoms with Gasteiger partial charge in [0, 0.05) is 30.3 Å². The summed E-state index contributed by atoms with van der Waals surface area (Å²) in [5, 5.41) is 3.48. The van der Waals surface area contributed by atoms with Crippen LogP contribution in [0, 0.1) is 17.8 Å². The van der Waals surface area contributed by atoms with Crippen LogP contribution in [0.2, 0.25) is 0 Å². The Bertz CT molecular complexity index is 726. The zero-order valence-corrected chi connectivity index (χ0v) is 15.1. The second-order valence-corrected chi connectivity index (χ2v) is 8.56. The van der Waals surface area contributed by atoms with E-state index in [1.165, 1.54) is 34.9 Å². The van der Waals surface area contributed by atoms with Crippen molar-refractivity contribution in [2.45, 2.75) is 44.7 Å². The lowest BCUT2D eigenvalue weighted by molar-refractivity contribution is -0.137. The zero-order chi connectivity index (χ0) is 16.7. The molecular weight excluding hydrogens is 316 g/mol. The van der Waals surface area contributed by atoms with Gasteiger partial charge in [0.1, 0.15) is 0 Å². The fourth-order valence-corrected chi connectivity index (χ4v) is 5.75. The Hall–Kier alpha value is -1.39. The van der Waals surface area contributed by atoms with E-state index in [1.807, 2.05) is 11.9 Å². The van der Waals surface area contributed by atoms with Gasteiger partial charge in [0.05, 0.1) is 0 Å². The first-order chi connectivity index (χ1) is 11.6. The van der Waals surface area contributed by atoms with Crippen molar-refractivity contribution in [1.82, 2.24) is 4.90 Å². The fraction of sp³-hybridized carbons (Fsp3) is 0.550. The fourth-order valence-electron chi connectivity index (χ4n) is 4.79. The Morgan fingerprint density at radius 1 is 1.25 bits per heavy atom. The molecule has 24 heavy (non-hydrogen) atoms. The molecular formula is C20H26N2OS. The summed E-state index contributed by atoms with van der Waals surface area (Å²) < 4.78 is 1.30. The minimum atomic E-state index is 0.176. The summed E-state index contributed by atoms with van der Waals surface area (Å²) in [6, 6.07) is 8.78. The molecule has 1 heterocycles. The number of nitrogens with zero attached hydrogens (tertiary/aromatic N) is 1. The van der Waals surface area contributed by atoms with E-state index in [2.05, 4.69) is 29.6 Å². The number of hydrogen-bond acceptors (Lipinski definition) is 3. The van der Waals surface area contributed by atoms with Gasteiger partial charge in [-0.05, 0) is 59.9 Å². The van der Waals surface area contributed by atoms with Crippen LogP contribution in [0.15, 0.2) is 29.6 Å². The van der Waals surface area contributed by atoms with E-state index in [4.69, 9.17) is 5.73 Å². The second kappa shape index (κ2) is 6.49. The molecule has 0 saturated heterocycles. The predicted molar refractivity (Wildman–Crippen MR) is 99.8 cm³/mol. The van der Waals surface area contributed by atoms with Crippen molar-refractivity contribution < 1.29 is 4.79 Å². The average molecular weight is 343 g/mol. The van der Waals surface area contributed by atoms with Gasteiger partial charge in [-0.1, -0.05) is 24.6 Å². The van der Waals surface area contributed by atoms with Crippen LogP contribution in [0.3, 0.4) is 0 Å². The van der Waals surface area contributed by atoms with E-state index in [-0.39, 0.29) is 5.92 Å². The van der Waals surface area contributed by atoms with Crippen LogP contribution in [0.25, 0.3) is 10.1 Å². The van der Waals surface area contributed by atoms with Crippen LogP contribution in [-0.2, 0) is 11.3 Å². The Labute approximate surface area is 147 Å². The normalized spacial score (nSPS) is 29.6. The van der Waals surface area contributed by atoms with E-state index in [1.54, 1.807) is 11.3 Å². The van der Waals surface area contributed by atoms with Gasteiger partial charge in [0.2, 0.25) is 5.91 Å². The molecule has 1 aromatic heterocycles. The first kappa shape index (κ1) is 16.1. The lowest BCUT2D eigenvalue weighted by Crippen LogP contribution is -2.49. The summed E-state index contributed by atoms with van der Waals surface area (Å²) in [4.78, 5) is 14.9. The number of thiophene rings is 1. The summed E-state index contributed by atoms with van der Waals surface area (Å²) in [6.07, 6.45) is 5.69. The second-order valence-electron chi connectivity index (χ2n) is 7.65. The summed E-state index contributed by atoms with van der Waals surface area (Å²) in [6.45, 7) is 0.709. The van der Waals surface area contributed by atoms with Crippen LogP contribution in [0.4, 0.5) is 0 Å². The first-order valence-electron chi connectivity index (χ1n) is 9.09. The number of amides is 1. The highest BCUT2D eigenvalue weighted by atomic mass is 32.1. The van der Waals surface area contributed by atoms with Gasteiger partial charge >= 0.3 is 0 Å². The summed E-state index contributed by atoms with van der Waals surface area (Å²) in [5.74, 6) is 1.60. The van der Waals surface area contributed by atoms with Crippen molar-refractivity contribution in [2.75, 3.05) is 7.05 Å². The minimum absolute atomic E-state index is 0.176. The molecule has 2 N–H and O–H groups in total. The highest BCUT2D eigenvalue weighted by molar-refractivity contribution is 7.17. The predicted octanol–water partition coefficient (Wildman–Crippen LogP) is 4.01. The van der Waals surface area contributed by atoms with E-state index >= 15 is 0 Å². The molecule has 0 spiro atoms. The maximum atomic E-state index is 13.0. The molecule has 2 atom stereocenters. The van der Waals surface area contributed by atoms with Crippen molar-refractivity contribution >= 4 is 27.3 Å². The minimum Gasteiger partial charge on any atom is -0.341 e. The third-order valence-electron chi connectivity index (χ3n) is 6.11. The molecule has 2 bridgehead atoms. The molecule has 3 nitrogen and oxygen atoms in total. The molecule has 4 heteroatoms. The van der Waals surface area contributed by atoms with Gasteiger partial charge < -0.3 is 10.6 Å². The van der Waals surface area contributed by atoms with Crippen molar-refractivity contribution in [3.05, 3.63) is 35.2 Å². The topological polar surface area (TPSA) is 46.3 Å². The van der Waals surface area contributed by atoms with Gasteiger partial charge in [-0.2, -0.15) is 0 Å². The van der Waals surface area contributed by atoms with Gasteiger partial charge in [-0.25, -0.2) is 0 Å². The van der Waals surface area contributed by atoms with Gasteiger partial charge in [-0.3, -0.25) is 4.79 Å². The zero-order valence-electron chi connectivity index (χ0n) is 14.3. The highest BCUT2D eigenvalue weighted by Gasteiger charge is 2.41. The van der Waals surface area contributed by atoms with E-state index in [9.17, 15) is 4.79 Å². The summed E-state index contributed by atoms with van der Waals surface area (Å²) in [5.41, 5.74) is 7.63. The number of carbonyl (C=O) groups excluding carboxylic acids is 1. The maximum Gasteiger partial charge on any atom is 0.225 e. The monoisotopic (exact) mass is 342 g/mol. The third-order valence-corrected chi connectivity index (χ3v) is 7.12. The molecule has 1 amide bonds. The quantitative estimate of drug-likeness (QED) is 0.916. The molecule has 0 aliphatic heterocycles. The van der Waals surface area contributed by atoms with Crippen LogP contribution in [0.5, 0.6) is 0 Å². The Morgan fingerprint density at radius 2 is 1.96 bits per heavy atom. The molecule has 2 unspecified atom stereocenters. The number of fused-ring (bicyclic) bond motifs is 3. The van der Waals surface area contributed by atoms with Crippen LogP contribution in [-0.4, -0.2) is 23.9 Å². The number of hydrogen-bond donors (Lipinski definition) is 1. The number of rotatable bonds is 3. The largest absolute Gasteiger partial charge is 0.341 e. The van der Waals surface area contributed by atoms with Crippen molar-refractivity contribution in [3.8, 4) is 0 Å². The standard InChI is InChI=1S/C20H26N2OS/c1-22(11-16-12-24-18-8-3-2-7-17(16)18)20(23)15-9-13-5-4-6-14(10-15)19(13)21/h2-3,7-8,12-15,19H,4-6,9-11,21H2,1H3. The number of carbonyl (C=O) groups is 1. The number of nitrogens with two attached hydrogens (primary N) is 1. The van der Waals surface area contributed by atoms with Crippen LogP contribution in [0.1, 0.15) is 37.7 Å². The lowest BCUT2D eigenvalue weighted by Gasteiger charge is -2.44. The lowest BCUT2D eigenvalue weighted by atomic mass is 9.65. The summed E-state index contributed by atoms with van der Waals surface area (Å²) in [7, 11) is 1.96. The van der Waals surface area contributed by atoms with Crippen LogP contribution < -0.4 is 5.73 Å². The average Bonchev–Trinajstić information content (AvgIpc) is 2.97. The smallest absolute Gasteiger partial charge is 0.225 e. The van der Waals surface area contributed by atoms with E-state index < -0.39 is 0 Å². The van der Waals surface area contributed by atoms with E-state index in [0.29, 0.717) is 30.3 Å². The highest BCUT2D eigenvalue weighted by Crippen LogP contribution is 2.42. The van der Waals surface area contributed by atoms with E-state index in [0.717, 1.165) is 12.8 Å². The van der Waals surface area contributed by atoms with Gasteiger partial charge in [0.15, 0.2) is 0 Å². The molecule has 2 aliphatic carbocycles.